The maximum Gasteiger partial charge on any atom is 0.294 e. The highest BCUT2D eigenvalue weighted by atomic mass is 79.9. The molecule has 1 aromatic rings. The summed E-state index contributed by atoms with van der Waals surface area (Å²) in [6.07, 6.45) is 0.197. The van der Waals surface area contributed by atoms with Crippen LogP contribution in [-0.4, -0.2) is 24.6 Å². The van der Waals surface area contributed by atoms with Gasteiger partial charge in [-0.2, -0.15) is 18.5 Å². The van der Waals surface area contributed by atoms with E-state index in [2.05, 4.69) is 21.0 Å². The van der Waals surface area contributed by atoms with Gasteiger partial charge in [-0.3, -0.25) is 9.35 Å². The monoisotopic (exact) mass is 332 g/mol. The smallest absolute Gasteiger partial charge is 0.282 e. The molecule has 0 aromatic heterocycles. The Balaban J connectivity index is 2.55. The zero-order chi connectivity index (χ0) is 13.5. The molecule has 1 N–H and O–H groups in total. The molecule has 2 rings (SSSR count). The first-order chi connectivity index (χ1) is 8.29. The molecule has 0 spiro atoms. The van der Waals surface area contributed by atoms with E-state index in [1.165, 1.54) is 18.2 Å². The van der Waals surface area contributed by atoms with Crippen LogP contribution in [0.3, 0.4) is 0 Å². The Morgan fingerprint density at radius 1 is 1.44 bits per heavy atom. The van der Waals surface area contributed by atoms with Crippen LogP contribution in [-0.2, 0) is 14.9 Å². The summed E-state index contributed by atoms with van der Waals surface area (Å²) in [4.78, 5) is 11.4. The molecule has 1 aliphatic heterocycles. The summed E-state index contributed by atoms with van der Waals surface area (Å²) in [7, 11) is -4.31. The van der Waals surface area contributed by atoms with Gasteiger partial charge in [0.1, 0.15) is 0 Å². The second kappa shape index (κ2) is 4.45. The number of hydrogen-bond acceptors (Lipinski definition) is 4. The Bertz CT molecular complexity index is 654. The molecule has 0 bridgehead atoms. The summed E-state index contributed by atoms with van der Waals surface area (Å²) in [5.41, 5.74) is 0.927. The number of halogens is 1. The van der Waals surface area contributed by atoms with Crippen LogP contribution in [0, 0.1) is 0 Å². The second-order valence-corrected chi connectivity index (χ2v) is 6.08. The van der Waals surface area contributed by atoms with Crippen LogP contribution in [0.2, 0.25) is 0 Å². The van der Waals surface area contributed by atoms with Crippen molar-refractivity contribution in [3.05, 3.63) is 22.7 Å². The van der Waals surface area contributed by atoms with E-state index >= 15 is 0 Å². The number of benzene rings is 1. The van der Waals surface area contributed by atoms with E-state index in [0.29, 0.717) is 10.2 Å². The molecule has 0 radical (unpaired) electrons. The quantitative estimate of drug-likeness (QED) is 0.836. The van der Waals surface area contributed by atoms with Crippen molar-refractivity contribution in [1.29, 1.82) is 0 Å². The fraction of sp³-hybridized carbons (Fsp3) is 0.200. The van der Waals surface area contributed by atoms with Crippen molar-refractivity contribution in [3.63, 3.8) is 0 Å². The van der Waals surface area contributed by atoms with E-state index in [9.17, 15) is 13.2 Å². The highest BCUT2D eigenvalue weighted by molar-refractivity contribution is 9.10. The lowest BCUT2D eigenvalue weighted by Crippen LogP contribution is -2.20. The molecule has 0 saturated heterocycles. The molecule has 0 atom stereocenters. The average Bonchev–Trinajstić information content (AvgIpc) is 2.56. The number of carbonyl (C=O) groups excluding carboxylic acids is 1. The van der Waals surface area contributed by atoms with Crippen molar-refractivity contribution in [3.8, 4) is 0 Å². The van der Waals surface area contributed by atoms with Crippen LogP contribution in [0.4, 0.5) is 5.69 Å². The predicted molar refractivity (Wildman–Crippen MR) is 69.2 cm³/mol. The van der Waals surface area contributed by atoms with Gasteiger partial charge in [0, 0.05) is 10.2 Å². The van der Waals surface area contributed by atoms with E-state index in [-0.39, 0.29) is 22.9 Å². The van der Waals surface area contributed by atoms with Gasteiger partial charge in [0.05, 0.1) is 17.0 Å². The highest BCUT2D eigenvalue weighted by Crippen LogP contribution is 2.31. The molecular weight excluding hydrogens is 324 g/mol. The first-order valence-electron chi connectivity index (χ1n) is 4.93. The maximum absolute atomic E-state index is 11.7. The largest absolute Gasteiger partial charge is 0.294 e. The van der Waals surface area contributed by atoms with Crippen molar-refractivity contribution in [2.24, 2.45) is 5.10 Å². The molecule has 18 heavy (non-hydrogen) atoms. The van der Waals surface area contributed by atoms with Gasteiger partial charge in [-0.1, -0.05) is 0 Å². The van der Waals surface area contributed by atoms with Gasteiger partial charge in [-0.15, -0.1) is 0 Å². The number of amides is 1. The molecule has 6 nitrogen and oxygen atoms in total. The van der Waals surface area contributed by atoms with E-state index in [1.807, 2.05) is 0 Å². The Hall–Kier alpha value is -1.25. The SMILES string of the molecule is CC1=NN(c2cc(S(=O)(=O)O)ccc2Br)C(=O)C1. The summed E-state index contributed by atoms with van der Waals surface area (Å²) >= 11 is 3.22. The predicted octanol–water partition coefficient (Wildman–Crippen LogP) is 1.81. The fourth-order valence-corrected chi connectivity index (χ4v) is 2.47. The first-order valence-corrected chi connectivity index (χ1v) is 7.16. The number of carbonyl (C=O) groups is 1. The number of hydrogen-bond donors (Lipinski definition) is 1. The van der Waals surface area contributed by atoms with Crippen molar-refractivity contribution < 1.29 is 17.8 Å². The molecule has 0 saturated carbocycles. The third-order valence-electron chi connectivity index (χ3n) is 2.36. The van der Waals surface area contributed by atoms with Crippen LogP contribution < -0.4 is 5.01 Å². The van der Waals surface area contributed by atoms with E-state index in [1.54, 1.807) is 6.92 Å². The lowest BCUT2D eigenvalue weighted by atomic mass is 10.3. The molecule has 1 aromatic carbocycles. The van der Waals surface area contributed by atoms with Crippen molar-refractivity contribution in [1.82, 2.24) is 0 Å². The van der Waals surface area contributed by atoms with Crippen LogP contribution >= 0.6 is 15.9 Å². The summed E-state index contributed by atoms with van der Waals surface area (Å²) < 4.78 is 31.6. The Morgan fingerprint density at radius 2 is 2.11 bits per heavy atom. The number of nitrogens with zero attached hydrogens (tertiary/aromatic N) is 2. The van der Waals surface area contributed by atoms with Gasteiger partial charge in [0.2, 0.25) is 0 Å². The van der Waals surface area contributed by atoms with Gasteiger partial charge in [-0.25, -0.2) is 0 Å². The van der Waals surface area contributed by atoms with Gasteiger partial charge < -0.3 is 0 Å². The summed E-state index contributed by atoms with van der Waals surface area (Å²) in [6, 6.07) is 3.87. The van der Waals surface area contributed by atoms with Crippen LogP contribution in [0.1, 0.15) is 13.3 Å². The second-order valence-electron chi connectivity index (χ2n) is 3.81. The van der Waals surface area contributed by atoms with Crippen molar-refractivity contribution >= 4 is 43.4 Å². The minimum absolute atomic E-state index is 0.197. The van der Waals surface area contributed by atoms with E-state index in [0.717, 1.165) is 5.01 Å². The standard InChI is InChI=1S/C10H9BrN2O4S/c1-6-4-10(14)13(12-6)9-5-7(18(15,16)17)2-3-8(9)11/h2-3,5H,4H2,1H3,(H,15,16,17). The van der Waals surface area contributed by atoms with Crippen LogP contribution in [0.25, 0.3) is 0 Å². The van der Waals surface area contributed by atoms with Gasteiger partial charge >= 0.3 is 0 Å². The average molecular weight is 333 g/mol. The zero-order valence-corrected chi connectivity index (χ0v) is 11.7. The molecule has 96 valence electrons. The lowest BCUT2D eigenvalue weighted by molar-refractivity contribution is -0.116. The summed E-state index contributed by atoms with van der Waals surface area (Å²) in [6.45, 7) is 1.71. The number of anilines is 1. The number of rotatable bonds is 2. The number of hydrazone groups is 1. The first kappa shape index (κ1) is 13.2. The highest BCUT2D eigenvalue weighted by Gasteiger charge is 2.25. The van der Waals surface area contributed by atoms with Crippen molar-refractivity contribution in [2.45, 2.75) is 18.2 Å². The minimum Gasteiger partial charge on any atom is -0.282 e. The molecule has 1 aliphatic rings. The van der Waals surface area contributed by atoms with Gasteiger partial charge in [0.25, 0.3) is 16.0 Å². The normalized spacial score (nSPS) is 16.1. The summed E-state index contributed by atoms with van der Waals surface area (Å²) in [5, 5.41) is 5.14. The van der Waals surface area contributed by atoms with E-state index in [4.69, 9.17) is 4.55 Å². The summed E-state index contributed by atoms with van der Waals surface area (Å²) in [5.74, 6) is -0.249. The zero-order valence-electron chi connectivity index (χ0n) is 9.29. The van der Waals surface area contributed by atoms with Gasteiger partial charge in [0.15, 0.2) is 0 Å². The Labute approximate surface area is 112 Å². The van der Waals surface area contributed by atoms with Gasteiger partial charge in [-0.05, 0) is 41.1 Å². The third-order valence-corrected chi connectivity index (χ3v) is 3.88. The van der Waals surface area contributed by atoms with Crippen molar-refractivity contribution in [2.75, 3.05) is 5.01 Å². The molecule has 0 unspecified atom stereocenters. The topological polar surface area (TPSA) is 87.0 Å². The molecule has 0 aliphatic carbocycles. The van der Waals surface area contributed by atoms with E-state index < -0.39 is 10.1 Å². The minimum atomic E-state index is -4.31. The fourth-order valence-electron chi connectivity index (χ4n) is 1.56. The lowest BCUT2D eigenvalue weighted by Gasteiger charge is -2.14. The van der Waals surface area contributed by atoms with Crippen LogP contribution in [0.5, 0.6) is 0 Å². The maximum atomic E-state index is 11.7. The molecule has 8 heteroatoms. The molecule has 1 amide bonds. The molecule has 1 heterocycles. The third kappa shape index (κ3) is 2.45. The Kier molecular flexibility index (Phi) is 3.26. The van der Waals surface area contributed by atoms with Crippen LogP contribution in [0.15, 0.2) is 32.7 Å². The molecular formula is C10H9BrN2O4S. The molecule has 0 fully saturated rings. The Morgan fingerprint density at radius 3 is 2.61 bits per heavy atom.